The molecular weight excluding hydrogens is 427 g/mol. The lowest BCUT2D eigenvalue weighted by molar-refractivity contribution is 0.0240. The zero-order valence-corrected chi connectivity index (χ0v) is 18.6. The molecule has 0 unspecified atom stereocenters. The van der Waals surface area contributed by atoms with E-state index in [-0.39, 0.29) is 17.2 Å². The molecule has 3 rings (SSSR count). The Balaban J connectivity index is 1.72. The fourth-order valence-electron chi connectivity index (χ4n) is 3.07. The number of amides is 2. The van der Waals surface area contributed by atoms with Crippen LogP contribution in [0.2, 0.25) is 10.2 Å². The van der Waals surface area contributed by atoms with Gasteiger partial charge in [-0.2, -0.15) is 0 Å². The Morgan fingerprint density at radius 2 is 1.77 bits per heavy atom. The van der Waals surface area contributed by atoms with Gasteiger partial charge >= 0.3 is 6.09 Å². The number of ether oxygens (including phenoxy) is 1. The van der Waals surface area contributed by atoms with Gasteiger partial charge in [-0.1, -0.05) is 23.2 Å². The second-order valence-electron chi connectivity index (χ2n) is 7.94. The standard InChI is InChI=1S/C21H24Cl2N4O3/c1-21(2,3)30-20(29)27-10-8-26(9-11-27)17-13-15(22)4-5-16(17)25-19(28)14-6-7-24-18(23)12-14/h4-7,12-13H,8-11H2,1-3H3,(H,25,28). The molecule has 1 aromatic carbocycles. The molecule has 2 aromatic rings. The molecule has 160 valence electrons. The van der Waals surface area contributed by atoms with Crippen molar-refractivity contribution in [2.75, 3.05) is 36.4 Å². The Kier molecular flexibility index (Phi) is 6.73. The first-order chi connectivity index (χ1) is 14.1. The lowest BCUT2D eigenvalue weighted by Crippen LogP contribution is -2.50. The minimum Gasteiger partial charge on any atom is -0.444 e. The predicted octanol–water partition coefficient (Wildman–Crippen LogP) is 4.70. The maximum absolute atomic E-state index is 12.6. The third-order valence-corrected chi connectivity index (χ3v) is 4.91. The van der Waals surface area contributed by atoms with E-state index < -0.39 is 5.60 Å². The molecule has 0 spiro atoms. The Labute approximate surface area is 185 Å². The topological polar surface area (TPSA) is 74.8 Å². The normalized spacial score (nSPS) is 14.4. The van der Waals surface area contributed by atoms with Crippen LogP contribution in [0.4, 0.5) is 16.2 Å². The Bertz CT molecular complexity index is 938. The number of halogens is 2. The number of pyridine rings is 1. The minimum absolute atomic E-state index is 0.247. The highest BCUT2D eigenvalue weighted by Crippen LogP contribution is 2.31. The van der Waals surface area contributed by atoms with Crippen molar-refractivity contribution >= 4 is 46.6 Å². The zero-order chi connectivity index (χ0) is 21.9. The van der Waals surface area contributed by atoms with E-state index in [1.54, 1.807) is 29.2 Å². The number of piperazine rings is 1. The second kappa shape index (κ2) is 9.10. The van der Waals surface area contributed by atoms with Gasteiger partial charge in [0.05, 0.1) is 11.4 Å². The van der Waals surface area contributed by atoms with E-state index in [1.165, 1.54) is 12.3 Å². The fourth-order valence-corrected chi connectivity index (χ4v) is 3.41. The number of nitrogens with zero attached hydrogens (tertiary/aromatic N) is 3. The largest absolute Gasteiger partial charge is 0.444 e. The van der Waals surface area contributed by atoms with Gasteiger partial charge in [0, 0.05) is 43.0 Å². The van der Waals surface area contributed by atoms with Crippen LogP contribution in [-0.4, -0.2) is 53.7 Å². The van der Waals surface area contributed by atoms with Crippen molar-refractivity contribution in [1.82, 2.24) is 9.88 Å². The maximum Gasteiger partial charge on any atom is 0.410 e. The Morgan fingerprint density at radius 1 is 1.07 bits per heavy atom. The van der Waals surface area contributed by atoms with Crippen LogP contribution in [0.3, 0.4) is 0 Å². The molecule has 0 atom stereocenters. The van der Waals surface area contributed by atoms with E-state index in [0.29, 0.717) is 42.5 Å². The summed E-state index contributed by atoms with van der Waals surface area (Å²) in [7, 11) is 0. The monoisotopic (exact) mass is 450 g/mol. The summed E-state index contributed by atoms with van der Waals surface area (Å²) in [6.07, 6.45) is 1.16. The summed E-state index contributed by atoms with van der Waals surface area (Å²) >= 11 is 12.1. The quantitative estimate of drug-likeness (QED) is 0.685. The van der Waals surface area contributed by atoms with Crippen LogP contribution in [-0.2, 0) is 4.74 Å². The van der Waals surface area contributed by atoms with E-state index in [9.17, 15) is 9.59 Å². The first-order valence-electron chi connectivity index (χ1n) is 9.58. The summed E-state index contributed by atoms with van der Waals surface area (Å²) in [5.74, 6) is -0.296. The summed E-state index contributed by atoms with van der Waals surface area (Å²) in [6, 6.07) is 8.39. The Morgan fingerprint density at radius 3 is 2.40 bits per heavy atom. The van der Waals surface area contributed by atoms with Crippen LogP contribution in [0.25, 0.3) is 0 Å². The van der Waals surface area contributed by atoms with Gasteiger partial charge in [-0.05, 0) is 51.1 Å². The maximum atomic E-state index is 12.6. The van der Waals surface area contributed by atoms with Gasteiger partial charge in [0.1, 0.15) is 10.8 Å². The molecule has 1 aliphatic rings. The number of hydrogen-bond donors (Lipinski definition) is 1. The van der Waals surface area contributed by atoms with E-state index in [0.717, 1.165) is 5.69 Å². The smallest absolute Gasteiger partial charge is 0.410 e. The molecule has 0 radical (unpaired) electrons. The van der Waals surface area contributed by atoms with Crippen molar-refractivity contribution in [1.29, 1.82) is 0 Å². The van der Waals surface area contributed by atoms with Crippen molar-refractivity contribution in [3.8, 4) is 0 Å². The molecule has 1 saturated heterocycles. The lowest BCUT2D eigenvalue weighted by Gasteiger charge is -2.37. The van der Waals surface area contributed by atoms with Gasteiger partial charge in [-0.15, -0.1) is 0 Å². The molecule has 1 N–H and O–H groups in total. The summed E-state index contributed by atoms with van der Waals surface area (Å²) in [6.45, 7) is 7.73. The van der Waals surface area contributed by atoms with Crippen molar-refractivity contribution in [3.05, 3.63) is 52.3 Å². The average molecular weight is 451 g/mol. The number of carbonyl (C=O) groups is 2. The molecular formula is C21H24Cl2N4O3. The lowest BCUT2D eigenvalue weighted by atomic mass is 10.2. The molecule has 9 heteroatoms. The number of benzene rings is 1. The highest BCUT2D eigenvalue weighted by atomic mass is 35.5. The van der Waals surface area contributed by atoms with Crippen molar-refractivity contribution in [2.45, 2.75) is 26.4 Å². The predicted molar refractivity (Wildman–Crippen MR) is 119 cm³/mol. The molecule has 0 aliphatic carbocycles. The van der Waals surface area contributed by atoms with Crippen LogP contribution in [0, 0.1) is 0 Å². The molecule has 0 bridgehead atoms. The van der Waals surface area contributed by atoms with Crippen molar-refractivity contribution in [3.63, 3.8) is 0 Å². The van der Waals surface area contributed by atoms with E-state index in [2.05, 4.69) is 15.2 Å². The summed E-state index contributed by atoms with van der Waals surface area (Å²) in [5, 5.41) is 3.72. The molecule has 1 aliphatic heterocycles. The average Bonchev–Trinajstić information content (AvgIpc) is 2.68. The first-order valence-corrected chi connectivity index (χ1v) is 10.3. The van der Waals surface area contributed by atoms with Crippen LogP contribution in [0.5, 0.6) is 0 Å². The van der Waals surface area contributed by atoms with Gasteiger partial charge < -0.3 is 19.9 Å². The van der Waals surface area contributed by atoms with Crippen LogP contribution in [0.1, 0.15) is 31.1 Å². The molecule has 0 saturated carbocycles. The number of hydrogen-bond acceptors (Lipinski definition) is 5. The van der Waals surface area contributed by atoms with E-state index in [1.807, 2.05) is 20.8 Å². The number of carbonyl (C=O) groups excluding carboxylic acids is 2. The molecule has 2 amide bonds. The third kappa shape index (κ3) is 5.77. The van der Waals surface area contributed by atoms with Gasteiger partial charge in [0.25, 0.3) is 5.91 Å². The van der Waals surface area contributed by atoms with Crippen LogP contribution < -0.4 is 10.2 Å². The van der Waals surface area contributed by atoms with Gasteiger partial charge in [0.2, 0.25) is 0 Å². The van der Waals surface area contributed by atoms with Gasteiger partial charge in [-0.3, -0.25) is 4.79 Å². The zero-order valence-electron chi connectivity index (χ0n) is 17.1. The van der Waals surface area contributed by atoms with Crippen molar-refractivity contribution in [2.24, 2.45) is 0 Å². The minimum atomic E-state index is -0.533. The number of rotatable bonds is 3. The first kappa shape index (κ1) is 22.2. The summed E-state index contributed by atoms with van der Waals surface area (Å²) < 4.78 is 5.45. The number of anilines is 2. The number of aromatic nitrogens is 1. The van der Waals surface area contributed by atoms with Crippen LogP contribution in [0.15, 0.2) is 36.5 Å². The molecule has 2 heterocycles. The van der Waals surface area contributed by atoms with Crippen molar-refractivity contribution < 1.29 is 14.3 Å². The van der Waals surface area contributed by atoms with E-state index in [4.69, 9.17) is 27.9 Å². The molecule has 7 nitrogen and oxygen atoms in total. The van der Waals surface area contributed by atoms with Crippen LogP contribution >= 0.6 is 23.2 Å². The highest BCUT2D eigenvalue weighted by Gasteiger charge is 2.27. The highest BCUT2D eigenvalue weighted by molar-refractivity contribution is 6.31. The van der Waals surface area contributed by atoms with Gasteiger partial charge in [0.15, 0.2) is 0 Å². The second-order valence-corrected chi connectivity index (χ2v) is 8.76. The molecule has 1 fully saturated rings. The Hall–Kier alpha value is -2.51. The molecule has 30 heavy (non-hydrogen) atoms. The number of nitrogens with one attached hydrogen (secondary N) is 1. The van der Waals surface area contributed by atoms with E-state index >= 15 is 0 Å². The van der Waals surface area contributed by atoms with Gasteiger partial charge in [-0.25, -0.2) is 9.78 Å². The fraction of sp³-hybridized carbons (Fsp3) is 0.381. The SMILES string of the molecule is CC(C)(C)OC(=O)N1CCN(c2cc(Cl)ccc2NC(=O)c2ccnc(Cl)c2)CC1. The molecule has 1 aromatic heterocycles. The summed E-state index contributed by atoms with van der Waals surface area (Å²) in [4.78, 5) is 32.6. The third-order valence-electron chi connectivity index (χ3n) is 4.47. The summed E-state index contributed by atoms with van der Waals surface area (Å²) in [5.41, 5.74) is 1.29.